The number of carbonyl (C=O) groups is 2. The summed E-state index contributed by atoms with van der Waals surface area (Å²) in [7, 11) is 1.64. The van der Waals surface area contributed by atoms with Gasteiger partial charge in [-0.25, -0.2) is 9.48 Å². The quantitative estimate of drug-likeness (QED) is 0.360. The summed E-state index contributed by atoms with van der Waals surface area (Å²) in [6.07, 6.45) is 0.113. The van der Waals surface area contributed by atoms with E-state index in [1.54, 1.807) is 19.2 Å². The second kappa shape index (κ2) is 11.5. The van der Waals surface area contributed by atoms with Crippen molar-refractivity contribution in [3.05, 3.63) is 83.5 Å². The first-order valence-electron chi connectivity index (χ1n) is 10.6. The van der Waals surface area contributed by atoms with E-state index < -0.39 is 24.0 Å². The molecule has 1 heterocycles. The molecule has 3 N–H and O–H groups in total. The van der Waals surface area contributed by atoms with Gasteiger partial charge in [0.05, 0.1) is 0 Å². The topological polar surface area (TPSA) is 114 Å². The van der Waals surface area contributed by atoms with Crippen molar-refractivity contribution < 1.29 is 24.5 Å². The van der Waals surface area contributed by atoms with Gasteiger partial charge in [0.25, 0.3) is 5.91 Å². The third-order valence-corrected chi connectivity index (χ3v) is 5.38. The van der Waals surface area contributed by atoms with Crippen molar-refractivity contribution >= 4 is 23.5 Å². The average molecular weight is 484 g/mol. The number of halogens is 1. The zero-order valence-electron chi connectivity index (χ0n) is 18.6. The Morgan fingerprint density at radius 3 is 2.59 bits per heavy atom. The highest BCUT2D eigenvalue weighted by molar-refractivity contribution is 6.30. The Morgan fingerprint density at radius 2 is 1.94 bits per heavy atom. The van der Waals surface area contributed by atoms with E-state index in [1.165, 1.54) is 10.7 Å². The maximum Gasteiger partial charge on any atom is 0.332 e. The molecule has 3 aromatic rings. The number of aliphatic hydroxyl groups excluding tert-OH is 1. The van der Waals surface area contributed by atoms with Gasteiger partial charge in [-0.05, 0) is 35.2 Å². The molecule has 9 heteroatoms. The van der Waals surface area contributed by atoms with Gasteiger partial charge in [0.2, 0.25) is 5.88 Å². The van der Waals surface area contributed by atoms with E-state index in [0.29, 0.717) is 17.3 Å². The molecule has 1 amide bonds. The molecule has 0 aliphatic carbocycles. The summed E-state index contributed by atoms with van der Waals surface area (Å²) < 4.78 is 6.87. The fourth-order valence-electron chi connectivity index (χ4n) is 3.45. The SMILES string of the molecule is C=CCOc1cc(C(=O)N[C@H](Cc2ccc(-c3cccc(Cl)c3)cc2)C[C@@H](O)C(=O)O)nn1C. The molecule has 0 aliphatic rings. The molecule has 2 atom stereocenters. The Kier molecular flexibility index (Phi) is 8.45. The summed E-state index contributed by atoms with van der Waals surface area (Å²) in [5.74, 6) is -1.46. The maximum absolute atomic E-state index is 12.8. The molecule has 178 valence electrons. The lowest BCUT2D eigenvalue weighted by atomic mass is 9.97. The molecule has 0 radical (unpaired) electrons. The van der Waals surface area contributed by atoms with Crippen LogP contribution in [0.3, 0.4) is 0 Å². The van der Waals surface area contributed by atoms with E-state index in [2.05, 4.69) is 17.0 Å². The van der Waals surface area contributed by atoms with Crippen LogP contribution in [0.4, 0.5) is 0 Å². The molecule has 0 spiro atoms. The number of nitrogens with zero attached hydrogens (tertiary/aromatic N) is 2. The molecule has 1 aromatic heterocycles. The van der Waals surface area contributed by atoms with Crippen LogP contribution in [0.1, 0.15) is 22.5 Å². The van der Waals surface area contributed by atoms with Gasteiger partial charge in [0.1, 0.15) is 6.61 Å². The Hall–Kier alpha value is -3.62. The highest BCUT2D eigenvalue weighted by Gasteiger charge is 2.24. The lowest BCUT2D eigenvalue weighted by Gasteiger charge is -2.20. The first-order valence-corrected chi connectivity index (χ1v) is 11.0. The molecule has 0 saturated heterocycles. The smallest absolute Gasteiger partial charge is 0.332 e. The molecule has 0 saturated carbocycles. The van der Waals surface area contributed by atoms with E-state index in [4.69, 9.17) is 21.4 Å². The van der Waals surface area contributed by atoms with E-state index in [9.17, 15) is 14.7 Å². The number of hydrogen-bond donors (Lipinski definition) is 3. The number of nitrogens with one attached hydrogen (secondary N) is 1. The summed E-state index contributed by atoms with van der Waals surface area (Å²) in [4.78, 5) is 24.0. The van der Waals surface area contributed by atoms with Gasteiger partial charge in [0.15, 0.2) is 11.8 Å². The van der Waals surface area contributed by atoms with Gasteiger partial charge in [-0.2, -0.15) is 5.10 Å². The molecular weight excluding hydrogens is 458 g/mol. The van der Waals surface area contributed by atoms with Crippen LogP contribution in [0.15, 0.2) is 67.3 Å². The van der Waals surface area contributed by atoms with Crippen LogP contribution in [-0.2, 0) is 18.3 Å². The molecule has 0 bridgehead atoms. The second-order valence-corrected chi connectivity index (χ2v) is 8.20. The number of amides is 1. The molecule has 2 aromatic carbocycles. The highest BCUT2D eigenvalue weighted by atomic mass is 35.5. The van der Waals surface area contributed by atoms with Gasteiger partial charge in [0, 0.05) is 30.6 Å². The van der Waals surface area contributed by atoms with Gasteiger partial charge in [-0.1, -0.05) is 60.7 Å². The van der Waals surface area contributed by atoms with Crippen LogP contribution in [-0.4, -0.2) is 50.6 Å². The lowest BCUT2D eigenvalue weighted by Crippen LogP contribution is -2.40. The predicted octanol–water partition coefficient (Wildman–Crippen LogP) is 3.48. The Labute approximate surface area is 202 Å². The third kappa shape index (κ3) is 6.69. The largest absolute Gasteiger partial charge is 0.479 e. The lowest BCUT2D eigenvalue weighted by molar-refractivity contribution is -0.147. The number of rotatable bonds is 11. The summed E-state index contributed by atoms with van der Waals surface area (Å²) >= 11 is 6.07. The van der Waals surface area contributed by atoms with E-state index in [-0.39, 0.29) is 18.7 Å². The molecule has 8 nitrogen and oxygen atoms in total. The number of carbonyl (C=O) groups excluding carboxylic acids is 1. The highest BCUT2D eigenvalue weighted by Crippen LogP contribution is 2.23. The molecule has 0 fully saturated rings. The number of aliphatic carboxylic acids is 1. The number of ether oxygens (including phenoxy) is 1. The van der Waals surface area contributed by atoms with Crippen molar-refractivity contribution in [2.45, 2.75) is 25.0 Å². The molecule has 0 unspecified atom stereocenters. The van der Waals surface area contributed by atoms with Crippen molar-refractivity contribution in [2.24, 2.45) is 7.05 Å². The van der Waals surface area contributed by atoms with E-state index in [0.717, 1.165) is 16.7 Å². The monoisotopic (exact) mass is 483 g/mol. The normalized spacial score (nSPS) is 12.6. The number of carboxylic acids is 1. The number of carboxylic acid groups (broad SMARTS) is 1. The van der Waals surface area contributed by atoms with Gasteiger partial charge in [-0.3, -0.25) is 4.79 Å². The first kappa shape index (κ1) is 25.0. The molecular formula is C25H26ClN3O5. The van der Waals surface area contributed by atoms with Crippen molar-refractivity contribution in [1.82, 2.24) is 15.1 Å². The number of aryl methyl sites for hydroxylation is 1. The average Bonchev–Trinajstić information content (AvgIpc) is 3.18. The standard InChI is InChI=1S/C25H26ClN3O5/c1-3-11-34-23-15-21(28-29(23)2)24(31)27-20(14-22(30)25(32)33)12-16-7-9-17(10-8-16)18-5-4-6-19(26)13-18/h3-10,13,15,20,22,30H,1,11-12,14H2,2H3,(H,27,31)(H,32,33)/t20-,22-/m1/s1. The predicted molar refractivity (Wildman–Crippen MR) is 129 cm³/mol. The number of aliphatic hydroxyl groups is 1. The van der Waals surface area contributed by atoms with Crippen molar-refractivity contribution in [3.8, 4) is 17.0 Å². The minimum atomic E-state index is -1.62. The Morgan fingerprint density at radius 1 is 1.21 bits per heavy atom. The summed E-state index contributed by atoms with van der Waals surface area (Å²) in [5, 5.41) is 26.6. The number of benzene rings is 2. The molecule has 0 aliphatic heterocycles. The van der Waals surface area contributed by atoms with Crippen LogP contribution in [0.5, 0.6) is 5.88 Å². The second-order valence-electron chi connectivity index (χ2n) is 7.76. The zero-order valence-corrected chi connectivity index (χ0v) is 19.4. The van der Waals surface area contributed by atoms with Crippen LogP contribution < -0.4 is 10.1 Å². The van der Waals surface area contributed by atoms with E-state index >= 15 is 0 Å². The van der Waals surface area contributed by atoms with Gasteiger partial charge in [-0.15, -0.1) is 0 Å². The summed E-state index contributed by atoms with van der Waals surface area (Å²) in [6.45, 7) is 3.85. The number of aromatic nitrogens is 2. The number of hydrogen-bond acceptors (Lipinski definition) is 5. The minimum absolute atomic E-state index is 0.118. The van der Waals surface area contributed by atoms with Crippen LogP contribution in [0, 0.1) is 0 Å². The Bertz CT molecular complexity index is 1160. The zero-order chi connectivity index (χ0) is 24.7. The van der Waals surface area contributed by atoms with Crippen LogP contribution >= 0.6 is 11.6 Å². The van der Waals surface area contributed by atoms with E-state index in [1.807, 2.05) is 42.5 Å². The fourth-order valence-corrected chi connectivity index (χ4v) is 3.64. The van der Waals surface area contributed by atoms with Crippen molar-refractivity contribution in [2.75, 3.05) is 6.61 Å². The summed E-state index contributed by atoms with van der Waals surface area (Å²) in [6, 6.07) is 16.0. The molecule has 34 heavy (non-hydrogen) atoms. The minimum Gasteiger partial charge on any atom is -0.479 e. The Balaban J connectivity index is 1.75. The fraction of sp³-hybridized carbons (Fsp3) is 0.240. The first-order chi connectivity index (χ1) is 16.3. The maximum atomic E-state index is 12.8. The van der Waals surface area contributed by atoms with Crippen LogP contribution in [0.25, 0.3) is 11.1 Å². The van der Waals surface area contributed by atoms with Gasteiger partial charge >= 0.3 is 5.97 Å². The van der Waals surface area contributed by atoms with Crippen LogP contribution in [0.2, 0.25) is 5.02 Å². The van der Waals surface area contributed by atoms with Crippen molar-refractivity contribution in [1.29, 1.82) is 0 Å². The third-order valence-electron chi connectivity index (χ3n) is 5.14. The van der Waals surface area contributed by atoms with Crippen molar-refractivity contribution in [3.63, 3.8) is 0 Å². The summed E-state index contributed by atoms with van der Waals surface area (Å²) in [5.41, 5.74) is 2.92. The van der Waals surface area contributed by atoms with Gasteiger partial charge < -0.3 is 20.3 Å². The molecule has 3 rings (SSSR count).